The molecule has 0 saturated carbocycles. The molecule has 4 atom stereocenters. The second-order valence-electron chi connectivity index (χ2n) is 12.5. The number of guanidine groups is 1. The third kappa shape index (κ3) is 13.0. The van der Waals surface area contributed by atoms with Crippen molar-refractivity contribution in [2.45, 2.75) is 63.2 Å². The van der Waals surface area contributed by atoms with Crippen molar-refractivity contribution in [1.29, 1.82) is 0 Å². The molecule has 15 nitrogen and oxygen atoms in total. The molecule has 0 saturated heterocycles. The van der Waals surface area contributed by atoms with Crippen LogP contribution in [0.15, 0.2) is 102 Å². The van der Waals surface area contributed by atoms with E-state index in [1.165, 1.54) is 19.4 Å². The number of nitrogens with one attached hydrogen (secondary N) is 5. The summed E-state index contributed by atoms with van der Waals surface area (Å²) >= 11 is 0. The Balaban J connectivity index is 1.53. The van der Waals surface area contributed by atoms with E-state index < -0.39 is 53.7 Å². The number of imidazole rings is 1. The molecule has 1 heterocycles. The minimum absolute atomic E-state index is 0.0699. The summed E-state index contributed by atoms with van der Waals surface area (Å²) in [6.07, 6.45) is 3.63. The van der Waals surface area contributed by atoms with Gasteiger partial charge in [0.2, 0.25) is 29.5 Å². The van der Waals surface area contributed by atoms with Gasteiger partial charge in [-0.25, -0.2) is 4.98 Å². The molecular weight excluding hydrogens is 676 g/mol. The molecule has 0 aliphatic rings. The Morgan fingerprint density at radius 3 is 1.77 bits per heavy atom. The normalized spacial score (nSPS) is 13.0. The van der Waals surface area contributed by atoms with Crippen molar-refractivity contribution in [3.63, 3.8) is 0 Å². The maximum atomic E-state index is 14.0. The number of aliphatic imine (C=N–C) groups is 1. The molecule has 0 aliphatic heterocycles. The molecule has 15 heteroatoms. The van der Waals surface area contributed by atoms with Gasteiger partial charge >= 0.3 is 0 Å². The molecule has 5 amide bonds. The summed E-state index contributed by atoms with van der Waals surface area (Å²) in [6.45, 7) is 1.46. The van der Waals surface area contributed by atoms with Gasteiger partial charge in [0.15, 0.2) is 5.96 Å². The van der Waals surface area contributed by atoms with Gasteiger partial charge in [-0.1, -0.05) is 84.9 Å². The summed E-state index contributed by atoms with van der Waals surface area (Å²) in [7, 11) is 0. The number of carbonyl (C=O) groups excluding carboxylic acids is 5. The topological polar surface area (TPSA) is 253 Å². The lowest BCUT2D eigenvalue weighted by Crippen LogP contribution is -2.59. The molecule has 53 heavy (non-hydrogen) atoms. The second-order valence-corrected chi connectivity index (χ2v) is 12.5. The van der Waals surface area contributed by atoms with Gasteiger partial charge < -0.3 is 43.5 Å². The van der Waals surface area contributed by atoms with Crippen LogP contribution < -0.4 is 38.5 Å². The van der Waals surface area contributed by atoms with Crippen LogP contribution in [0.5, 0.6) is 0 Å². The van der Waals surface area contributed by atoms with Crippen LogP contribution in [-0.4, -0.2) is 76.2 Å². The molecule has 3 aromatic carbocycles. The summed E-state index contributed by atoms with van der Waals surface area (Å²) in [5.74, 6) is -3.27. The van der Waals surface area contributed by atoms with E-state index in [-0.39, 0.29) is 38.2 Å². The molecule has 0 fully saturated rings. The van der Waals surface area contributed by atoms with Gasteiger partial charge in [-0.2, -0.15) is 0 Å². The molecular formula is C38H46N10O5. The van der Waals surface area contributed by atoms with E-state index in [9.17, 15) is 24.0 Å². The first-order valence-electron chi connectivity index (χ1n) is 17.2. The van der Waals surface area contributed by atoms with Crippen LogP contribution in [-0.2, 0) is 43.2 Å². The average Bonchev–Trinajstić information content (AvgIpc) is 3.66. The van der Waals surface area contributed by atoms with Crippen molar-refractivity contribution in [2.75, 3.05) is 6.54 Å². The molecule has 4 aromatic rings. The van der Waals surface area contributed by atoms with Gasteiger partial charge in [0.05, 0.1) is 6.33 Å². The predicted octanol–water partition coefficient (Wildman–Crippen LogP) is 0.603. The molecule has 278 valence electrons. The van der Waals surface area contributed by atoms with Gasteiger partial charge in [0.1, 0.15) is 24.2 Å². The molecule has 1 aromatic heterocycles. The first-order chi connectivity index (χ1) is 25.5. The molecule has 0 unspecified atom stereocenters. The number of nitrogens with zero attached hydrogens (tertiary/aromatic N) is 2. The average molecular weight is 723 g/mol. The number of hydrogen-bond acceptors (Lipinski definition) is 7. The first kappa shape index (κ1) is 39.3. The van der Waals surface area contributed by atoms with Crippen LogP contribution in [0.25, 0.3) is 11.1 Å². The monoisotopic (exact) mass is 722 g/mol. The Kier molecular flexibility index (Phi) is 14.7. The molecule has 4 rings (SSSR count). The van der Waals surface area contributed by atoms with Crippen molar-refractivity contribution >= 4 is 35.5 Å². The van der Waals surface area contributed by atoms with Gasteiger partial charge in [0, 0.05) is 44.6 Å². The highest BCUT2D eigenvalue weighted by molar-refractivity contribution is 5.95. The SMILES string of the molecule is CC(=O)N[C@@H](Cc1cnc[nH]1)C(=O)N[C@H](Cc1ccccc1)C(=O)N[C@@H](CCCN=C(N)N)C(=O)N[C@@H](Cc1ccc(-c2ccccc2)cc1)C(N)=O. The van der Waals surface area contributed by atoms with Gasteiger partial charge in [-0.3, -0.25) is 29.0 Å². The summed E-state index contributed by atoms with van der Waals surface area (Å²) in [4.78, 5) is 76.8. The smallest absolute Gasteiger partial charge is 0.243 e. The van der Waals surface area contributed by atoms with Crippen LogP contribution in [0.3, 0.4) is 0 Å². The van der Waals surface area contributed by atoms with Crippen molar-refractivity contribution in [1.82, 2.24) is 31.2 Å². The highest BCUT2D eigenvalue weighted by Gasteiger charge is 2.31. The van der Waals surface area contributed by atoms with Crippen LogP contribution in [0.2, 0.25) is 0 Å². The van der Waals surface area contributed by atoms with Crippen molar-refractivity contribution < 1.29 is 24.0 Å². The number of primary amides is 1. The number of benzene rings is 3. The zero-order valence-electron chi connectivity index (χ0n) is 29.5. The van der Waals surface area contributed by atoms with E-state index in [0.29, 0.717) is 12.1 Å². The number of amides is 5. The molecule has 0 aliphatic carbocycles. The fraction of sp³-hybridized carbons (Fsp3) is 0.289. The number of aromatic amines is 1. The fourth-order valence-electron chi connectivity index (χ4n) is 5.64. The summed E-state index contributed by atoms with van der Waals surface area (Å²) in [5.41, 5.74) is 20.8. The molecule has 0 spiro atoms. The summed E-state index contributed by atoms with van der Waals surface area (Å²) in [6, 6.07) is 21.9. The number of nitrogens with two attached hydrogens (primary N) is 3. The molecule has 0 bridgehead atoms. The largest absolute Gasteiger partial charge is 0.370 e. The second kappa shape index (κ2) is 19.8. The van der Waals surface area contributed by atoms with E-state index in [2.05, 4.69) is 36.2 Å². The minimum Gasteiger partial charge on any atom is -0.370 e. The minimum atomic E-state index is -1.16. The van der Waals surface area contributed by atoms with Gasteiger partial charge in [-0.05, 0) is 35.1 Å². The van der Waals surface area contributed by atoms with Crippen LogP contribution in [0, 0.1) is 0 Å². The summed E-state index contributed by atoms with van der Waals surface area (Å²) < 4.78 is 0. The lowest BCUT2D eigenvalue weighted by atomic mass is 10.00. The number of rotatable bonds is 19. The number of aromatic nitrogens is 2. The fourth-order valence-corrected chi connectivity index (χ4v) is 5.64. The van der Waals surface area contributed by atoms with Crippen molar-refractivity contribution in [3.8, 4) is 11.1 Å². The predicted molar refractivity (Wildman–Crippen MR) is 201 cm³/mol. The van der Waals surface area contributed by atoms with Gasteiger partial charge in [-0.15, -0.1) is 0 Å². The maximum absolute atomic E-state index is 14.0. The lowest BCUT2D eigenvalue weighted by molar-refractivity contribution is -0.134. The number of carbonyl (C=O) groups is 5. The van der Waals surface area contributed by atoms with E-state index in [1.54, 1.807) is 24.3 Å². The highest BCUT2D eigenvalue weighted by Crippen LogP contribution is 2.20. The zero-order valence-corrected chi connectivity index (χ0v) is 29.5. The van der Waals surface area contributed by atoms with E-state index >= 15 is 0 Å². The molecule has 11 N–H and O–H groups in total. The third-order valence-corrected chi connectivity index (χ3v) is 8.33. The number of hydrogen-bond donors (Lipinski definition) is 8. The summed E-state index contributed by atoms with van der Waals surface area (Å²) in [5, 5.41) is 10.8. The Labute approximate surface area is 307 Å². The first-order valence-corrected chi connectivity index (χ1v) is 17.2. The Bertz CT molecular complexity index is 1830. The van der Waals surface area contributed by atoms with Crippen LogP contribution >= 0.6 is 0 Å². The van der Waals surface area contributed by atoms with Gasteiger partial charge in [0.25, 0.3) is 0 Å². The van der Waals surface area contributed by atoms with Crippen LogP contribution in [0.1, 0.15) is 36.6 Å². The van der Waals surface area contributed by atoms with Crippen LogP contribution in [0.4, 0.5) is 0 Å². The van der Waals surface area contributed by atoms with E-state index in [1.807, 2.05) is 60.7 Å². The number of H-pyrrole nitrogens is 1. The van der Waals surface area contributed by atoms with Crippen molar-refractivity contribution in [3.05, 3.63) is 114 Å². The zero-order chi connectivity index (χ0) is 38.2. The quantitative estimate of drug-likeness (QED) is 0.0386. The Hall–Kier alpha value is -6.51. The highest BCUT2D eigenvalue weighted by atomic mass is 16.2. The molecule has 0 radical (unpaired) electrons. The van der Waals surface area contributed by atoms with E-state index in [0.717, 1.165) is 22.3 Å². The van der Waals surface area contributed by atoms with E-state index in [4.69, 9.17) is 17.2 Å². The Morgan fingerprint density at radius 1 is 0.660 bits per heavy atom. The lowest BCUT2D eigenvalue weighted by Gasteiger charge is -2.26. The maximum Gasteiger partial charge on any atom is 0.243 e. The Morgan fingerprint density at radius 2 is 1.19 bits per heavy atom. The standard InChI is InChI=1S/C38H46N10O5/c1-24(49)45-33(21-29-22-42-23-44-29)37(53)48-32(20-25-9-4-2-5-10-25)36(52)46-30(13-8-18-43-38(40)41)35(51)47-31(34(39)50)19-26-14-16-28(17-15-26)27-11-6-3-7-12-27/h2-7,9-12,14-17,22-23,30-33H,8,13,18-21H2,1H3,(H2,39,50)(H,42,44)(H,45,49)(H,46,52)(H,47,51)(H,48,53)(H4,40,41,43)/t30-,31-,32+,33-/m0/s1. The third-order valence-electron chi connectivity index (χ3n) is 8.33. The van der Waals surface area contributed by atoms with Crippen molar-refractivity contribution in [2.24, 2.45) is 22.2 Å².